The number of likely N-dealkylation sites (N-methyl/N-ethyl adjacent to an activating group) is 1. The second-order valence-electron chi connectivity index (χ2n) is 5.68. The van der Waals surface area contributed by atoms with Crippen molar-refractivity contribution in [1.82, 2.24) is 10.2 Å². The second-order valence-corrected chi connectivity index (χ2v) is 5.68. The summed E-state index contributed by atoms with van der Waals surface area (Å²) in [7, 11) is 2.11. The average Bonchev–Trinajstić information content (AvgIpc) is 2.50. The van der Waals surface area contributed by atoms with Crippen molar-refractivity contribution in [1.29, 1.82) is 0 Å². The zero-order chi connectivity index (χ0) is 10.7. The topological polar surface area (TPSA) is 15.3 Å². The Kier molecular flexibility index (Phi) is 3.68. The van der Waals surface area contributed by atoms with E-state index in [2.05, 4.69) is 24.2 Å². The van der Waals surface area contributed by atoms with Crippen molar-refractivity contribution in [3.63, 3.8) is 0 Å². The molecule has 2 rings (SSSR count). The molecule has 0 radical (unpaired) electrons. The number of nitrogens with one attached hydrogen (secondary N) is 1. The minimum atomic E-state index is 0.381. The fourth-order valence-corrected chi connectivity index (χ4v) is 3.14. The van der Waals surface area contributed by atoms with E-state index in [1.807, 2.05) is 0 Å². The molecule has 0 spiro atoms. The average molecular weight is 210 g/mol. The number of likely N-dealkylation sites (tertiary alicyclic amines) is 1. The van der Waals surface area contributed by atoms with Crippen LogP contribution in [0.1, 0.15) is 51.9 Å². The van der Waals surface area contributed by atoms with E-state index in [0.29, 0.717) is 5.54 Å². The smallest absolute Gasteiger partial charge is 0.0289 e. The van der Waals surface area contributed by atoms with Gasteiger partial charge in [-0.3, -0.25) is 4.90 Å². The third kappa shape index (κ3) is 2.73. The molecule has 1 saturated carbocycles. The summed E-state index contributed by atoms with van der Waals surface area (Å²) in [5.41, 5.74) is 0.381. The zero-order valence-electron chi connectivity index (χ0n) is 10.4. The highest BCUT2D eigenvalue weighted by Crippen LogP contribution is 2.28. The maximum absolute atomic E-state index is 3.48. The van der Waals surface area contributed by atoms with Gasteiger partial charge in [-0.25, -0.2) is 0 Å². The van der Waals surface area contributed by atoms with Gasteiger partial charge in [0, 0.05) is 24.7 Å². The lowest BCUT2D eigenvalue weighted by atomic mass is 10.0. The van der Waals surface area contributed by atoms with Crippen molar-refractivity contribution < 1.29 is 0 Å². The maximum atomic E-state index is 3.48. The van der Waals surface area contributed by atoms with Crippen LogP contribution in [0.2, 0.25) is 0 Å². The van der Waals surface area contributed by atoms with Gasteiger partial charge in [-0.15, -0.1) is 0 Å². The lowest BCUT2D eigenvalue weighted by Crippen LogP contribution is -2.44. The number of rotatable bonds is 2. The van der Waals surface area contributed by atoms with Gasteiger partial charge in [0.2, 0.25) is 0 Å². The first-order valence-electron chi connectivity index (χ1n) is 6.66. The Hall–Kier alpha value is -0.0800. The molecule has 0 aromatic carbocycles. The first-order valence-corrected chi connectivity index (χ1v) is 6.66. The SMILES string of the molecule is CNC1(C)CCN(C2CCCCCC2)C1. The first kappa shape index (κ1) is 11.4. The predicted molar refractivity (Wildman–Crippen MR) is 65.1 cm³/mol. The Morgan fingerprint density at radius 3 is 2.33 bits per heavy atom. The van der Waals surface area contributed by atoms with Crippen LogP contribution in [0, 0.1) is 0 Å². The normalized spacial score (nSPS) is 35.6. The van der Waals surface area contributed by atoms with Gasteiger partial charge in [-0.1, -0.05) is 25.7 Å². The van der Waals surface area contributed by atoms with Gasteiger partial charge in [0.05, 0.1) is 0 Å². The molecule has 0 aromatic heterocycles. The van der Waals surface area contributed by atoms with Gasteiger partial charge in [-0.05, 0) is 33.2 Å². The molecule has 1 aliphatic heterocycles. The van der Waals surface area contributed by atoms with Crippen LogP contribution < -0.4 is 5.32 Å². The summed E-state index contributed by atoms with van der Waals surface area (Å²) in [5, 5.41) is 3.48. The molecule has 0 amide bonds. The molecule has 0 aromatic rings. The van der Waals surface area contributed by atoms with E-state index in [0.717, 1.165) is 6.04 Å². The number of hydrogen-bond donors (Lipinski definition) is 1. The van der Waals surface area contributed by atoms with Crippen LogP contribution in [0.5, 0.6) is 0 Å². The molecule has 1 N–H and O–H groups in total. The fraction of sp³-hybridized carbons (Fsp3) is 1.00. The van der Waals surface area contributed by atoms with Crippen LogP contribution in [0.4, 0.5) is 0 Å². The summed E-state index contributed by atoms with van der Waals surface area (Å²) in [6.07, 6.45) is 10.1. The van der Waals surface area contributed by atoms with Gasteiger partial charge >= 0.3 is 0 Å². The lowest BCUT2D eigenvalue weighted by molar-refractivity contribution is 0.205. The van der Waals surface area contributed by atoms with Crippen molar-refractivity contribution >= 4 is 0 Å². The quantitative estimate of drug-likeness (QED) is 0.704. The van der Waals surface area contributed by atoms with Crippen LogP contribution in [0.3, 0.4) is 0 Å². The van der Waals surface area contributed by atoms with Crippen molar-refractivity contribution in [2.24, 2.45) is 0 Å². The number of hydrogen-bond acceptors (Lipinski definition) is 2. The van der Waals surface area contributed by atoms with E-state index in [1.165, 1.54) is 58.0 Å². The molecule has 88 valence electrons. The standard InChI is InChI=1S/C13H26N2/c1-13(14-2)9-10-15(11-13)12-7-5-3-4-6-8-12/h12,14H,3-11H2,1-2H3. The molecule has 0 bridgehead atoms. The molecular formula is C13H26N2. The summed E-state index contributed by atoms with van der Waals surface area (Å²) in [5.74, 6) is 0. The van der Waals surface area contributed by atoms with Crippen molar-refractivity contribution in [3.8, 4) is 0 Å². The van der Waals surface area contributed by atoms with E-state index in [1.54, 1.807) is 0 Å². The Morgan fingerprint density at radius 1 is 1.13 bits per heavy atom. The van der Waals surface area contributed by atoms with Crippen LogP contribution in [0.25, 0.3) is 0 Å². The van der Waals surface area contributed by atoms with Gasteiger partial charge in [-0.2, -0.15) is 0 Å². The van der Waals surface area contributed by atoms with Gasteiger partial charge < -0.3 is 5.32 Å². The van der Waals surface area contributed by atoms with Crippen LogP contribution in [0.15, 0.2) is 0 Å². The molecule has 2 heteroatoms. The highest BCUT2D eigenvalue weighted by molar-refractivity contribution is 4.95. The molecule has 1 unspecified atom stereocenters. The minimum Gasteiger partial charge on any atom is -0.313 e. The zero-order valence-corrected chi connectivity index (χ0v) is 10.4. The van der Waals surface area contributed by atoms with Crippen molar-refractivity contribution in [2.45, 2.75) is 63.5 Å². The maximum Gasteiger partial charge on any atom is 0.0289 e. The fourth-order valence-electron chi connectivity index (χ4n) is 3.14. The summed E-state index contributed by atoms with van der Waals surface area (Å²) < 4.78 is 0. The summed E-state index contributed by atoms with van der Waals surface area (Å²) >= 11 is 0. The van der Waals surface area contributed by atoms with E-state index in [9.17, 15) is 0 Å². The third-order valence-corrected chi connectivity index (χ3v) is 4.45. The second kappa shape index (κ2) is 4.84. The van der Waals surface area contributed by atoms with Gasteiger partial charge in [0.1, 0.15) is 0 Å². The molecule has 2 aliphatic rings. The van der Waals surface area contributed by atoms with Crippen LogP contribution in [-0.2, 0) is 0 Å². The summed E-state index contributed by atoms with van der Waals surface area (Å²) in [6.45, 7) is 4.93. The Labute approximate surface area is 94.4 Å². The first-order chi connectivity index (χ1) is 7.23. The molecule has 1 heterocycles. The van der Waals surface area contributed by atoms with Crippen LogP contribution >= 0.6 is 0 Å². The predicted octanol–water partition coefficient (Wildman–Crippen LogP) is 2.39. The molecule has 2 fully saturated rings. The molecular weight excluding hydrogens is 184 g/mol. The van der Waals surface area contributed by atoms with Gasteiger partial charge in [0.25, 0.3) is 0 Å². The summed E-state index contributed by atoms with van der Waals surface area (Å²) in [4.78, 5) is 2.74. The summed E-state index contributed by atoms with van der Waals surface area (Å²) in [6, 6.07) is 0.891. The molecule has 15 heavy (non-hydrogen) atoms. The number of nitrogens with zero attached hydrogens (tertiary/aromatic N) is 1. The Balaban J connectivity index is 1.88. The van der Waals surface area contributed by atoms with E-state index in [-0.39, 0.29) is 0 Å². The van der Waals surface area contributed by atoms with Crippen molar-refractivity contribution in [3.05, 3.63) is 0 Å². The van der Waals surface area contributed by atoms with Gasteiger partial charge in [0.15, 0.2) is 0 Å². The van der Waals surface area contributed by atoms with Crippen LogP contribution in [-0.4, -0.2) is 36.6 Å². The van der Waals surface area contributed by atoms with E-state index in [4.69, 9.17) is 0 Å². The molecule has 1 atom stereocenters. The molecule has 1 saturated heterocycles. The lowest BCUT2D eigenvalue weighted by Gasteiger charge is -2.29. The molecule has 2 nitrogen and oxygen atoms in total. The largest absolute Gasteiger partial charge is 0.313 e. The highest BCUT2D eigenvalue weighted by atomic mass is 15.2. The monoisotopic (exact) mass is 210 g/mol. The third-order valence-electron chi connectivity index (χ3n) is 4.45. The van der Waals surface area contributed by atoms with E-state index < -0.39 is 0 Å². The van der Waals surface area contributed by atoms with E-state index >= 15 is 0 Å². The van der Waals surface area contributed by atoms with Crippen molar-refractivity contribution in [2.75, 3.05) is 20.1 Å². The Bertz CT molecular complexity index is 197. The molecule has 1 aliphatic carbocycles. The Morgan fingerprint density at radius 2 is 1.80 bits per heavy atom. The highest BCUT2D eigenvalue weighted by Gasteiger charge is 2.35. The minimum absolute atomic E-state index is 0.381.